The largest absolute Gasteiger partial charge is 0.457 e. The highest BCUT2D eigenvalue weighted by atomic mass is 29.2. The summed E-state index contributed by atoms with van der Waals surface area (Å²) < 4.78 is 16.4. The van der Waals surface area contributed by atoms with Crippen molar-refractivity contribution in [2.75, 3.05) is 19.8 Å². The molecule has 0 spiro atoms. The summed E-state index contributed by atoms with van der Waals surface area (Å²) in [4.78, 5) is 0. The minimum absolute atomic E-state index is 0.690. The Morgan fingerprint density at radius 2 is 1.18 bits per heavy atom. The second-order valence-corrected chi connectivity index (χ2v) is 8.43. The van der Waals surface area contributed by atoms with Gasteiger partial charge < -0.3 is 13.3 Å². The Bertz CT molecular complexity index is 82.8. The Labute approximate surface area is 72.6 Å². The average Bonchev–Trinajstić information content (AvgIpc) is 1.88. The minimum Gasteiger partial charge on any atom is -0.377 e. The van der Waals surface area contributed by atoms with E-state index in [1.807, 2.05) is 20.8 Å². The zero-order chi connectivity index (χ0) is 8.74. The second-order valence-electron chi connectivity index (χ2n) is 2.16. The van der Waals surface area contributed by atoms with E-state index in [1.54, 1.807) is 0 Å². The topological polar surface area (TPSA) is 27.7 Å². The number of rotatable bonds is 6. The van der Waals surface area contributed by atoms with Gasteiger partial charge >= 0.3 is 8.32 Å². The lowest BCUT2D eigenvalue weighted by Crippen LogP contribution is -2.47. The Kier molecular flexibility index (Phi) is 6.07. The van der Waals surface area contributed by atoms with Gasteiger partial charge in [0.25, 0.3) is 0 Å². The molecule has 0 saturated carbocycles. The molecule has 3 nitrogen and oxygen atoms in total. The van der Waals surface area contributed by atoms with Gasteiger partial charge in [0.2, 0.25) is 0 Å². The summed E-state index contributed by atoms with van der Waals surface area (Å²) in [7, 11) is -1.24. The van der Waals surface area contributed by atoms with Gasteiger partial charge in [-0.3, -0.25) is 0 Å². The van der Waals surface area contributed by atoms with Crippen molar-refractivity contribution in [3.8, 4) is 0 Å². The van der Waals surface area contributed by atoms with Gasteiger partial charge in [0.15, 0.2) is 0 Å². The molecular formula is C6H18O3Si2. The summed E-state index contributed by atoms with van der Waals surface area (Å²) in [5, 5.41) is 0. The van der Waals surface area contributed by atoms with Crippen LogP contribution in [0.15, 0.2) is 0 Å². The first-order chi connectivity index (χ1) is 5.18. The highest BCUT2D eigenvalue weighted by Crippen LogP contribution is 2.03. The van der Waals surface area contributed by atoms with Crippen molar-refractivity contribution >= 4 is 18.1 Å². The van der Waals surface area contributed by atoms with Crippen molar-refractivity contribution in [3.05, 3.63) is 0 Å². The lowest BCUT2D eigenvalue weighted by molar-refractivity contribution is 0.0941. The molecule has 0 atom stereocenters. The monoisotopic (exact) mass is 194 g/mol. The van der Waals surface area contributed by atoms with Crippen molar-refractivity contribution in [3.63, 3.8) is 0 Å². The van der Waals surface area contributed by atoms with E-state index in [4.69, 9.17) is 13.3 Å². The molecule has 0 radical (unpaired) electrons. The number of hydrogen-bond donors (Lipinski definition) is 0. The number of hydrogen-bond acceptors (Lipinski definition) is 3. The predicted molar refractivity (Wildman–Crippen MR) is 50.6 cm³/mol. The van der Waals surface area contributed by atoms with Crippen LogP contribution in [0.5, 0.6) is 0 Å². The zero-order valence-electron chi connectivity index (χ0n) is 7.85. The lowest BCUT2D eigenvalue weighted by atomic mass is 10.9. The molecule has 0 fully saturated rings. The van der Waals surface area contributed by atoms with Gasteiger partial charge in [-0.25, -0.2) is 0 Å². The molecule has 0 unspecified atom stereocenters. The summed E-state index contributed by atoms with van der Waals surface area (Å²) in [6.07, 6.45) is 0. The van der Waals surface area contributed by atoms with E-state index in [0.717, 1.165) is 9.76 Å². The van der Waals surface area contributed by atoms with Crippen LogP contribution in [0.2, 0.25) is 0 Å². The van der Waals surface area contributed by atoms with Crippen LogP contribution in [0.1, 0.15) is 20.8 Å². The first kappa shape index (κ1) is 11.3. The molecule has 0 aromatic rings. The van der Waals surface area contributed by atoms with Crippen LogP contribution < -0.4 is 0 Å². The fourth-order valence-electron chi connectivity index (χ4n) is 0.912. The van der Waals surface area contributed by atoms with E-state index >= 15 is 0 Å². The molecule has 0 aliphatic carbocycles. The summed E-state index contributed by atoms with van der Waals surface area (Å²) in [5.74, 6) is 0. The van der Waals surface area contributed by atoms with Crippen LogP contribution in [-0.2, 0) is 13.3 Å². The maximum absolute atomic E-state index is 5.47. The SMILES string of the molecule is CCO[Si]([SiH3])(OCC)OCC. The predicted octanol–water partition coefficient (Wildman–Crippen LogP) is -0.103. The Hall–Kier alpha value is 0.314. The molecule has 5 heteroatoms. The van der Waals surface area contributed by atoms with E-state index in [9.17, 15) is 0 Å². The third-order valence-corrected chi connectivity index (χ3v) is 6.26. The van der Waals surface area contributed by atoms with Gasteiger partial charge in [-0.15, -0.1) is 0 Å². The molecule has 0 amide bonds. The normalized spacial score (nSPS) is 12.3. The Morgan fingerprint density at radius 3 is 1.36 bits per heavy atom. The Balaban J connectivity index is 3.79. The van der Waals surface area contributed by atoms with Crippen LogP contribution in [-0.4, -0.2) is 37.9 Å². The highest BCUT2D eigenvalue weighted by molar-refractivity contribution is 7.05. The molecule has 0 bridgehead atoms. The van der Waals surface area contributed by atoms with Gasteiger partial charge in [-0.1, -0.05) is 0 Å². The van der Waals surface area contributed by atoms with Crippen molar-refractivity contribution in [2.45, 2.75) is 20.8 Å². The van der Waals surface area contributed by atoms with Gasteiger partial charge in [0, 0.05) is 19.8 Å². The molecule has 0 aromatic carbocycles. The van der Waals surface area contributed by atoms with Gasteiger partial charge in [0.05, 0.1) is 0 Å². The van der Waals surface area contributed by atoms with E-state index in [2.05, 4.69) is 0 Å². The van der Waals surface area contributed by atoms with Crippen molar-refractivity contribution in [2.24, 2.45) is 0 Å². The molecule has 0 heterocycles. The fourth-order valence-corrected chi connectivity index (χ4v) is 5.33. The van der Waals surface area contributed by atoms with Gasteiger partial charge in [-0.2, -0.15) is 0 Å². The van der Waals surface area contributed by atoms with Crippen molar-refractivity contribution < 1.29 is 13.3 Å². The van der Waals surface area contributed by atoms with Crippen molar-refractivity contribution in [1.82, 2.24) is 0 Å². The van der Waals surface area contributed by atoms with E-state index in [0.29, 0.717) is 19.8 Å². The Morgan fingerprint density at radius 1 is 0.909 bits per heavy atom. The zero-order valence-corrected chi connectivity index (χ0v) is 10.8. The molecule has 0 N–H and O–H groups in total. The van der Waals surface area contributed by atoms with Gasteiger partial charge in [-0.05, 0) is 20.8 Å². The second kappa shape index (κ2) is 5.90. The summed E-state index contributed by atoms with van der Waals surface area (Å²) >= 11 is 0. The maximum Gasteiger partial charge on any atom is 0.457 e. The summed E-state index contributed by atoms with van der Waals surface area (Å²) in [6, 6.07) is 0. The molecule has 11 heavy (non-hydrogen) atoms. The maximum atomic E-state index is 5.47. The summed E-state index contributed by atoms with van der Waals surface area (Å²) in [5.41, 5.74) is 0. The van der Waals surface area contributed by atoms with Crippen LogP contribution in [0.3, 0.4) is 0 Å². The molecule has 68 valence electrons. The van der Waals surface area contributed by atoms with E-state index < -0.39 is 8.32 Å². The fraction of sp³-hybridized carbons (Fsp3) is 1.00. The lowest BCUT2D eigenvalue weighted by Gasteiger charge is -2.24. The smallest absolute Gasteiger partial charge is 0.377 e. The minimum atomic E-state index is -2.11. The van der Waals surface area contributed by atoms with Gasteiger partial charge in [0.1, 0.15) is 9.76 Å². The molecule has 0 aliphatic rings. The summed E-state index contributed by atoms with van der Waals surface area (Å²) in [6.45, 7) is 7.98. The van der Waals surface area contributed by atoms with Crippen LogP contribution in [0.25, 0.3) is 0 Å². The van der Waals surface area contributed by atoms with E-state index in [1.165, 1.54) is 0 Å². The van der Waals surface area contributed by atoms with Crippen molar-refractivity contribution in [1.29, 1.82) is 0 Å². The third-order valence-electron chi connectivity index (χ3n) is 1.22. The quantitative estimate of drug-likeness (QED) is 0.553. The molecule has 0 aliphatic heterocycles. The van der Waals surface area contributed by atoms with Crippen LogP contribution in [0.4, 0.5) is 0 Å². The standard InChI is InChI=1S/C6H18O3Si2/c1-4-7-11(10,8-5-2)9-6-3/h4-6H2,1-3,10H3. The first-order valence-electron chi connectivity index (χ1n) is 4.10. The first-order valence-corrected chi connectivity index (χ1v) is 9.32. The van der Waals surface area contributed by atoms with Crippen LogP contribution in [0, 0.1) is 0 Å². The average molecular weight is 194 g/mol. The van der Waals surface area contributed by atoms with Crippen LogP contribution >= 0.6 is 0 Å². The third kappa shape index (κ3) is 4.70. The highest BCUT2D eigenvalue weighted by Gasteiger charge is 2.31. The molecule has 0 rings (SSSR count). The molecular weight excluding hydrogens is 176 g/mol. The van der Waals surface area contributed by atoms with E-state index in [-0.39, 0.29) is 0 Å². The molecule has 0 saturated heterocycles. The molecule has 0 aromatic heterocycles.